The first-order valence-corrected chi connectivity index (χ1v) is 8.77. The van der Waals surface area contributed by atoms with Crippen LogP contribution in [0.15, 0.2) is 54.2 Å². The molecule has 0 atom stereocenters. The predicted octanol–water partition coefficient (Wildman–Crippen LogP) is 3.18. The summed E-state index contributed by atoms with van der Waals surface area (Å²) in [5.41, 5.74) is 3.16. The average Bonchev–Trinajstić information content (AvgIpc) is 3.23. The van der Waals surface area contributed by atoms with Crippen LogP contribution in [0, 0.1) is 5.82 Å². The van der Waals surface area contributed by atoms with Gasteiger partial charge in [0.2, 0.25) is 5.95 Å². The summed E-state index contributed by atoms with van der Waals surface area (Å²) in [5.74, 6) is 0.372. The van der Waals surface area contributed by atoms with E-state index in [1.807, 2.05) is 0 Å². The Hall–Kier alpha value is -3.29. The molecule has 1 N–H and O–H groups in total. The first-order chi connectivity index (χ1) is 13.3. The van der Waals surface area contributed by atoms with Crippen LogP contribution in [0.25, 0.3) is 11.1 Å². The van der Waals surface area contributed by atoms with Crippen LogP contribution in [0.2, 0.25) is 0 Å². The van der Waals surface area contributed by atoms with E-state index in [0.29, 0.717) is 23.7 Å². The van der Waals surface area contributed by atoms with Gasteiger partial charge in [0.05, 0.1) is 11.9 Å². The molecule has 0 saturated carbocycles. The molecule has 0 radical (unpaired) electrons. The second-order valence-corrected chi connectivity index (χ2v) is 6.28. The zero-order chi connectivity index (χ0) is 18.5. The summed E-state index contributed by atoms with van der Waals surface area (Å²) in [4.78, 5) is 16.3. The zero-order valence-corrected chi connectivity index (χ0v) is 14.7. The molecule has 1 fully saturated rings. The van der Waals surface area contributed by atoms with E-state index < -0.39 is 0 Å². The van der Waals surface area contributed by atoms with E-state index >= 15 is 0 Å². The lowest BCUT2D eigenvalue weighted by Crippen LogP contribution is -2.35. The highest BCUT2D eigenvalue weighted by atomic mass is 19.1. The number of hydrogen-bond acceptors (Lipinski definition) is 6. The summed E-state index contributed by atoms with van der Waals surface area (Å²) < 4.78 is 13.9. The van der Waals surface area contributed by atoms with Crippen molar-refractivity contribution in [2.45, 2.75) is 19.4 Å². The van der Waals surface area contributed by atoms with Crippen molar-refractivity contribution in [2.75, 3.05) is 18.0 Å². The molecule has 8 heteroatoms. The maximum absolute atomic E-state index is 13.9. The third-order valence-electron chi connectivity index (χ3n) is 4.43. The van der Waals surface area contributed by atoms with E-state index in [4.69, 9.17) is 4.84 Å². The molecule has 0 aliphatic carbocycles. The van der Waals surface area contributed by atoms with Crippen LogP contribution >= 0.6 is 0 Å². The summed E-state index contributed by atoms with van der Waals surface area (Å²) in [5, 5.41) is 10.8. The lowest BCUT2D eigenvalue weighted by molar-refractivity contribution is 0.129. The van der Waals surface area contributed by atoms with Crippen LogP contribution in [-0.2, 0) is 11.4 Å². The Kier molecular flexibility index (Phi) is 5.04. The Morgan fingerprint density at radius 1 is 1.11 bits per heavy atom. The second-order valence-electron chi connectivity index (χ2n) is 6.28. The number of benzene rings is 1. The van der Waals surface area contributed by atoms with Crippen LogP contribution < -0.4 is 4.90 Å². The molecule has 0 spiro atoms. The lowest BCUT2D eigenvalue weighted by Gasteiger charge is -2.27. The molecular formula is C19H19FN6O. The van der Waals surface area contributed by atoms with Gasteiger partial charge in [0.1, 0.15) is 12.4 Å². The van der Waals surface area contributed by atoms with Crippen molar-refractivity contribution in [3.8, 4) is 11.1 Å². The molecular weight excluding hydrogens is 347 g/mol. The molecule has 1 saturated heterocycles. The molecule has 0 amide bonds. The summed E-state index contributed by atoms with van der Waals surface area (Å²) in [6, 6.07) is 6.62. The van der Waals surface area contributed by atoms with Crippen molar-refractivity contribution < 1.29 is 9.23 Å². The van der Waals surface area contributed by atoms with Gasteiger partial charge < -0.3 is 9.74 Å². The molecule has 0 bridgehead atoms. The molecule has 138 valence electrons. The fraction of sp³-hybridized carbons (Fsp3) is 0.263. The van der Waals surface area contributed by atoms with Crippen LogP contribution in [0.5, 0.6) is 0 Å². The SMILES string of the molecule is Fc1ccccc1-c1cnc(N2CCC(=NOCc3cn[nH]c3)CC2)nc1. The molecule has 1 aromatic carbocycles. The van der Waals surface area contributed by atoms with Crippen LogP contribution in [0.4, 0.5) is 10.3 Å². The van der Waals surface area contributed by atoms with E-state index in [0.717, 1.165) is 37.2 Å². The largest absolute Gasteiger partial charge is 0.391 e. The molecule has 4 rings (SSSR count). The molecule has 3 aromatic rings. The summed E-state index contributed by atoms with van der Waals surface area (Å²) in [6.45, 7) is 1.95. The number of halogens is 1. The molecule has 3 heterocycles. The minimum absolute atomic E-state index is 0.275. The number of aromatic nitrogens is 4. The third-order valence-corrected chi connectivity index (χ3v) is 4.43. The van der Waals surface area contributed by atoms with Gasteiger partial charge in [-0.05, 0) is 6.07 Å². The van der Waals surface area contributed by atoms with Gasteiger partial charge in [-0.3, -0.25) is 5.10 Å². The predicted molar refractivity (Wildman–Crippen MR) is 99.7 cm³/mol. The van der Waals surface area contributed by atoms with Gasteiger partial charge in [0, 0.05) is 61.2 Å². The minimum Gasteiger partial charge on any atom is -0.391 e. The van der Waals surface area contributed by atoms with Crippen molar-refractivity contribution in [2.24, 2.45) is 5.16 Å². The summed E-state index contributed by atoms with van der Waals surface area (Å²) >= 11 is 0. The Morgan fingerprint density at radius 2 is 1.89 bits per heavy atom. The smallest absolute Gasteiger partial charge is 0.225 e. The standard InChI is InChI=1S/C19H19FN6O/c20-18-4-2-1-3-17(18)15-11-21-19(22-12-15)26-7-5-16(6-8-26)25-27-13-14-9-23-24-10-14/h1-4,9-12H,5-8,13H2,(H,23,24). The quantitative estimate of drug-likeness (QED) is 0.702. The molecule has 7 nitrogen and oxygen atoms in total. The van der Waals surface area contributed by atoms with Gasteiger partial charge in [-0.2, -0.15) is 5.10 Å². The Morgan fingerprint density at radius 3 is 2.59 bits per heavy atom. The van der Waals surface area contributed by atoms with Crippen molar-refractivity contribution in [1.29, 1.82) is 0 Å². The van der Waals surface area contributed by atoms with Gasteiger partial charge in [-0.25, -0.2) is 14.4 Å². The number of H-pyrrole nitrogens is 1. The maximum atomic E-state index is 13.9. The van der Waals surface area contributed by atoms with Gasteiger partial charge >= 0.3 is 0 Å². The van der Waals surface area contributed by atoms with Crippen LogP contribution in [0.1, 0.15) is 18.4 Å². The highest BCUT2D eigenvalue weighted by molar-refractivity contribution is 5.86. The molecule has 27 heavy (non-hydrogen) atoms. The van der Waals surface area contributed by atoms with Crippen LogP contribution in [0.3, 0.4) is 0 Å². The van der Waals surface area contributed by atoms with E-state index in [1.165, 1.54) is 6.07 Å². The van der Waals surface area contributed by atoms with Gasteiger partial charge in [-0.15, -0.1) is 0 Å². The Balaban J connectivity index is 1.33. The maximum Gasteiger partial charge on any atom is 0.225 e. The van der Waals surface area contributed by atoms with Crippen molar-refractivity contribution >= 4 is 11.7 Å². The van der Waals surface area contributed by atoms with Gasteiger partial charge in [0.15, 0.2) is 0 Å². The van der Waals surface area contributed by atoms with E-state index in [9.17, 15) is 4.39 Å². The fourth-order valence-electron chi connectivity index (χ4n) is 2.93. The molecule has 1 aliphatic heterocycles. The van der Waals surface area contributed by atoms with Gasteiger partial charge in [-0.1, -0.05) is 23.4 Å². The van der Waals surface area contributed by atoms with Crippen LogP contribution in [-0.4, -0.2) is 39.0 Å². The second kappa shape index (κ2) is 7.94. The molecule has 1 aliphatic rings. The minimum atomic E-state index is -0.275. The number of aromatic amines is 1. The van der Waals surface area contributed by atoms with E-state index in [1.54, 1.807) is 43.0 Å². The number of hydrogen-bond donors (Lipinski definition) is 1. The normalized spacial score (nSPS) is 14.3. The number of nitrogens with one attached hydrogen (secondary N) is 1. The highest BCUT2D eigenvalue weighted by Gasteiger charge is 2.18. The number of piperidine rings is 1. The fourth-order valence-corrected chi connectivity index (χ4v) is 2.93. The van der Waals surface area contributed by atoms with Crippen molar-refractivity contribution in [3.63, 3.8) is 0 Å². The lowest BCUT2D eigenvalue weighted by atomic mass is 10.1. The van der Waals surface area contributed by atoms with Gasteiger partial charge in [0.25, 0.3) is 0 Å². The van der Waals surface area contributed by atoms with E-state index in [-0.39, 0.29) is 5.82 Å². The summed E-state index contributed by atoms with van der Waals surface area (Å²) in [7, 11) is 0. The monoisotopic (exact) mass is 366 g/mol. The Bertz CT molecular complexity index is 900. The number of nitrogens with zero attached hydrogens (tertiary/aromatic N) is 5. The average molecular weight is 366 g/mol. The third kappa shape index (κ3) is 4.11. The first-order valence-electron chi connectivity index (χ1n) is 8.77. The molecule has 2 aromatic heterocycles. The topological polar surface area (TPSA) is 79.3 Å². The number of rotatable bonds is 5. The van der Waals surface area contributed by atoms with Crippen molar-refractivity contribution in [3.05, 3.63) is 60.4 Å². The van der Waals surface area contributed by atoms with Crippen molar-refractivity contribution in [1.82, 2.24) is 20.2 Å². The zero-order valence-electron chi connectivity index (χ0n) is 14.7. The molecule has 0 unspecified atom stereocenters. The number of oxime groups is 1. The number of anilines is 1. The highest BCUT2D eigenvalue weighted by Crippen LogP contribution is 2.22. The summed E-state index contributed by atoms with van der Waals surface area (Å²) in [6.07, 6.45) is 8.42. The first kappa shape index (κ1) is 17.1. The Labute approximate surface area is 155 Å². The van der Waals surface area contributed by atoms with E-state index in [2.05, 4.69) is 30.2 Å².